The number of nitro groups is 1. The predicted octanol–water partition coefficient (Wildman–Crippen LogP) is 1.24. The largest absolute Gasteiger partial charge is 0.481 e. The van der Waals surface area contributed by atoms with E-state index in [2.05, 4.69) is 0 Å². The number of nitrogens with zero attached hydrogens (tertiary/aromatic N) is 2. The van der Waals surface area contributed by atoms with Gasteiger partial charge in [0.1, 0.15) is 0 Å². The van der Waals surface area contributed by atoms with E-state index in [1.807, 2.05) is 0 Å². The second kappa shape index (κ2) is 5.65. The van der Waals surface area contributed by atoms with Gasteiger partial charge in [0, 0.05) is 24.7 Å². The van der Waals surface area contributed by atoms with E-state index in [-0.39, 0.29) is 29.6 Å². The minimum absolute atomic E-state index is 0.0843. The van der Waals surface area contributed by atoms with Crippen LogP contribution in [0.25, 0.3) is 0 Å². The molecule has 22 heavy (non-hydrogen) atoms. The minimum Gasteiger partial charge on any atom is -0.481 e. The van der Waals surface area contributed by atoms with Crippen LogP contribution in [0.1, 0.15) is 12.5 Å². The summed E-state index contributed by atoms with van der Waals surface area (Å²) >= 11 is 0. The van der Waals surface area contributed by atoms with Gasteiger partial charge in [0.25, 0.3) is 5.69 Å². The number of carboxylic acids is 1. The van der Waals surface area contributed by atoms with Crippen LogP contribution in [-0.4, -0.2) is 41.8 Å². The lowest BCUT2D eigenvalue weighted by molar-refractivity contribution is -0.385. The third kappa shape index (κ3) is 2.81. The van der Waals surface area contributed by atoms with Crippen molar-refractivity contribution < 1.29 is 23.2 Å². The van der Waals surface area contributed by atoms with Gasteiger partial charge in [-0.05, 0) is 18.9 Å². The molecular weight excluding hydrogens is 312 g/mol. The average Bonchev–Trinajstić information content (AvgIpc) is 2.81. The second-order valence-electron chi connectivity index (χ2n) is 5.45. The van der Waals surface area contributed by atoms with Crippen molar-refractivity contribution in [2.45, 2.75) is 18.7 Å². The number of sulfonamides is 1. The first-order chi connectivity index (χ1) is 10.1. The van der Waals surface area contributed by atoms with Crippen molar-refractivity contribution in [2.24, 2.45) is 11.8 Å². The van der Waals surface area contributed by atoms with Crippen LogP contribution in [0.5, 0.6) is 0 Å². The molecular formula is C13H16N2O6S. The SMILES string of the molecule is Cc1ccc(S(=O)(=O)N2C[C@@H](C)[C@H](C(=O)O)C2)cc1[N+](=O)[O-]. The molecule has 0 aliphatic carbocycles. The Morgan fingerprint density at radius 3 is 2.55 bits per heavy atom. The second-order valence-corrected chi connectivity index (χ2v) is 7.39. The first-order valence-electron chi connectivity index (χ1n) is 6.62. The smallest absolute Gasteiger partial charge is 0.308 e. The molecule has 0 unspecified atom stereocenters. The molecule has 1 aromatic carbocycles. The Hall–Kier alpha value is -2.00. The van der Waals surface area contributed by atoms with E-state index in [4.69, 9.17) is 5.11 Å². The number of hydrogen-bond acceptors (Lipinski definition) is 5. The van der Waals surface area contributed by atoms with Crippen LogP contribution in [0.4, 0.5) is 5.69 Å². The maximum Gasteiger partial charge on any atom is 0.308 e. The molecule has 0 saturated carbocycles. The van der Waals surface area contributed by atoms with Crippen LogP contribution in [0.15, 0.2) is 23.1 Å². The van der Waals surface area contributed by atoms with Crippen LogP contribution < -0.4 is 0 Å². The topological polar surface area (TPSA) is 118 Å². The van der Waals surface area contributed by atoms with Crippen LogP contribution in [0.3, 0.4) is 0 Å². The number of carbonyl (C=O) groups is 1. The van der Waals surface area contributed by atoms with Crippen molar-refractivity contribution in [3.63, 3.8) is 0 Å². The number of hydrogen-bond donors (Lipinski definition) is 1. The van der Waals surface area contributed by atoms with Crippen molar-refractivity contribution in [3.8, 4) is 0 Å². The normalized spacial score (nSPS) is 22.6. The van der Waals surface area contributed by atoms with Crippen molar-refractivity contribution in [2.75, 3.05) is 13.1 Å². The van der Waals surface area contributed by atoms with Gasteiger partial charge in [-0.1, -0.05) is 13.0 Å². The molecule has 0 aromatic heterocycles. The van der Waals surface area contributed by atoms with E-state index in [9.17, 15) is 23.3 Å². The molecule has 9 heteroatoms. The van der Waals surface area contributed by atoms with E-state index in [1.165, 1.54) is 19.1 Å². The number of aliphatic carboxylic acids is 1. The monoisotopic (exact) mass is 328 g/mol. The number of benzene rings is 1. The molecule has 1 N–H and O–H groups in total. The van der Waals surface area contributed by atoms with Crippen LogP contribution in [0, 0.1) is 28.9 Å². The summed E-state index contributed by atoms with van der Waals surface area (Å²) in [5.41, 5.74) is 0.0882. The van der Waals surface area contributed by atoms with E-state index in [0.717, 1.165) is 10.4 Å². The lowest BCUT2D eigenvalue weighted by Gasteiger charge is -2.16. The highest BCUT2D eigenvalue weighted by atomic mass is 32.2. The van der Waals surface area contributed by atoms with Crippen molar-refractivity contribution in [1.29, 1.82) is 0 Å². The zero-order chi connectivity index (χ0) is 16.7. The zero-order valence-electron chi connectivity index (χ0n) is 12.1. The van der Waals surface area contributed by atoms with E-state index in [1.54, 1.807) is 6.92 Å². The summed E-state index contributed by atoms with van der Waals surface area (Å²) < 4.78 is 26.2. The molecule has 0 amide bonds. The summed E-state index contributed by atoms with van der Waals surface area (Å²) in [5, 5.41) is 20.0. The average molecular weight is 328 g/mol. The fourth-order valence-corrected chi connectivity index (χ4v) is 4.12. The molecule has 1 saturated heterocycles. The summed E-state index contributed by atoms with van der Waals surface area (Å²) in [5.74, 6) is -2.12. The molecule has 0 radical (unpaired) electrons. The van der Waals surface area contributed by atoms with Crippen molar-refractivity contribution in [3.05, 3.63) is 33.9 Å². The number of aryl methyl sites for hydroxylation is 1. The maximum atomic E-state index is 12.5. The minimum atomic E-state index is -3.95. The number of rotatable bonds is 4. The van der Waals surface area contributed by atoms with Gasteiger partial charge in [-0.25, -0.2) is 8.42 Å². The fraction of sp³-hybridized carbons (Fsp3) is 0.462. The summed E-state index contributed by atoms with van der Waals surface area (Å²) in [6.45, 7) is 3.15. The van der Waals surface area contributed by atoms with Gasteiger partial charge in [0.2, 0.25) is 10.0 Å². The standard InChI is InChI=1S/C13H16N2O6S/c1-8-3-4-10(5-12(8)15(18)19)22(20,21)14-6-9(2)11(7-14)13(16)17/h3-5,9,11H,6-7H2,1-2H3,(H,16,17)/t9-,11-/m1/s1. The Morgan fingerprint density at radius 1 is 1.41 bits per heavy atom. The molecule has 1 fully saturated rings. The van der Waals surface area contributed by atoms with Gasteiger partial charge in [-0.2, -0.15) is 4.31 Å². The van der Waals surface area contributed by atoms with Gasteiger partial charge in [0.15, 0.2) is 0 Å². The molecule has 0 bridgehead atoms. The third-order valence-electron chi connectivity index (χ3n) is 3.91. The number of carboxylic acid groups (broad SMARTS) is 1. The summed E-state index contributed by atoms with van der Waals surface area (Å²) in [4.78, 5) is 21.2. The zero-order valence-corrected chi connectivity index (χ0v) is 12.9. The van der Waals surface area contributed by atoms with Crippen LogP contribution in [-0.2, 0) is 14.8 Å². The van der Waals surface area contributed by atoms with Gasteiger partial charge in [0.05, 0.1) is 15.7 Å². The summed E-state index contributed by atoms with van der Waals surface area (Å²) in [6.07, 6.45) is 0. The highest BCUT2D eigenvalue weighted by Gasteiger charge is 2.41. The molecule has 2 rings (SSSR count). The Morgan fingerprint density at radius 2 is 2.05 bits per heavy atom. The Bertz CT molecular complexity index is 730. The molecule has 1 heterocycles. The van der Waals surface area contributed by atoms with Crippen molar-refractivity contribution in [1.82, 2.24) is 4.31 Å². The predicted molar refractivity (Wildman–Crippen MR) is 76.9 cm³/mol. The lowest BCUT2D eigenvalue weighted by atomic mass is 9.99. The van der Waals surface area contributed by atoms with Crippen LogP contribution in [0.2, 0.25) is 0 Å². The van der Waals surface area contributed by atoms with E-state index >= 15 is 0 Å². The summed E-state index contributed by atoms with van der Waals surface area (Å²) in [7, 11) is -3.95. The Balaban J connectivity index is 2.38. The van der Waals surface area contributed by atoms with E-state index < -0.39 is 26.8 Å². The molecule has 2 atom stereocenters. The Kier molecular flexibility index (Phi) is 4.21. The summed E-state index contributed by atoms with van der Waals surface area (Å²) in [6, 6.07) is 3.69. The quantitative estimate of drug-likeness (QED) is 0.656. The first kappa shape index (κ1) is 16.4. The molecule has 1 aliphatic rings. The van der Waals surface area contributed by atoms with Gasteiger partial charge < -0.3 is 5.11 Å². The van der Waals surface area contributed by atoms with Gasteiger partial charge in [-0.15, -0.1) is 0 Å². The highest BCUT2D eigenvalue weighted by molar-refractivity contribution is 7.89. The third-order valence-corrected chi connectivity index (χ3v) is 5.74. The fourth-order valence-electron chi connectivity index (χ4n) is 2.54. The van der Waals surface area contributed by atoms with Gasteiger partial charge >= 0.3 is 5.97 Å². The molecule has 0 spiro atoms. The lowest BCUT2D eigenvalue weighted by Crippen LogP contribution is -2.30. The first-order valence-corrected chi connectivity index (χ1v) is 8.06. The molecule has 1 aliphatic heterocycles. The Labute approximate surface area is 127 Å². The highest BCUT2D eigenvalue weighted by Crippen LogP contribution is 2.30. The van der Waals surface area contributed by atoms with Crippen molar-refractivity contribution >= 4 is 21.7 Å². The molecule has 8 nitrogen and oxygen atoms in total. The maximum absolute atomic E-state index is 12.5. The van der Waals surface area contributed by atoms with Gasteiger partial charge in [-0.3, -0.25) is 14.9 Å². The van der Waals surface area contributed by atoms with Crippen LogP contribution >= 0.6 is 0 Å². The number of nitro benzene ring substituents is 1. The molecule has 120 valence electrons. The van der Waals surface area contributed by atoms with E-state index in [0.29, 0.717) is 5.56 Å². The molecule has 1 aromatic rings.